The van der Waals surface area contributed by atoms with Gasteiger partial charge in [0.15, 0.2) is 0 Å². The molecule has 20 heavy (non-hydrogen) atoms. The van der Waals surface area contributed by atoms with Gasteiger partial charge in [0.1, 0.15) is 0 Å². The van der Waals surface area contributed by atoms with Crippen LogP contribution in [-0.4, -0.2) is 55.2 Å². The molecule has 0 bridgehead atoms. The summed E-state index contributed by atoms with van der Waals surface area (Å²) in [5, 5.41) is 3.34. The molecule has 1 aliphatic carbocycles. The van der Waals surface area contributed by atoms with Crippen molar-refractivity contribution in [1.82, 2.24) is 10.2 Å². The average molecular weight is 283 g/mol. The zero-order valence-corrected chi connectivity index (χ0v) is 12.9. The number of hydrogen-bond donors (Lipinski definition) is 2. The predicted octanol–water partition coefficient (Wildman–Crippen LogP) is 0.873. The molecule has 0 radical (unpaired) electrons. The summed E-state index contributed by atoms with van der Waals surface area (Å²) in [4.78, 5) is 14.3. The van der Waals surface area contributed by atoms with Gasteiger partial charge in [-0.3, -0.25) is 4.79 Å². The molecule has 0 aromatic carbocycles. The summed E-state index contributed by atoms with van der Waals surface area (Å²) in [6.45, 7) is 4.67. The second kappa shape index (κ2) is 6.87. The fourth-order valence-corrected chi connectivity index (χ4v) is 3.69. The van der Waals surface area contributed by atoms with E-state index in [9.17, 15) is 4.79 Å². The number of hydrogen-bond acceptors (Lipinski definition) is 4. The quantitative estimate of drug-likeness (QED) is 0.759. The lowest BCUT2D eigenvalue weighted by atomic mass is 9.77. The van der Waals surface area contributed by atoms with Gasteiger partial charge < -0.3 is 20.7 Å². The number of nitrogens with two attached hydrogens (primary N) is 1. The van der Waals surface area contributed by atoms with Gasteiger partial charge in [0.05, 0.1) is 11.6 Å². The van der Waals surface area contributed by atoms with Gasteiger partial charge >= 0.3 is 0 Å². The molecule has 2 aliphatic rings. The van der Waals surface area contributed by atoms with Gasteiger partial charge in [-0.05, 0) is 52.1 Å². The summed E-state index contributed by atoms with van der Waals surface area (Å²) in [5.41, 5.74) is 5.16. The van der Waals surface area contributed by atoms with Gasteiger partial charge in [0, 0.05) is 19.2 Å². The number of rotatable bonds is 6. The van der Waals surface area contributed by atoms with Crippen LogP contribution >= 0.6 is 0 Å². The third-order valence-corrected chi connectivity index (χ3v) is 4.85. The van der Waals surface area contributed by atoms with Crippen LogP contribution in [0.1, 0.15) is 45.4 Å². The molecule has 0 spiro atoms. The molecule has 116 valence electrons. The van der Waals surface area contributed by atoms with Crippen molar-refractivity contribution in [2.45, 2.75) is 63.1 Å². The fraction of sp³-hybridized carbons (Fsp3) is 0.933. The lowest BCUT2D eigenvalue weighted by Gasteiger charge is -2.42. The maximum absolute atomic E-state index is 11.9. The number of nitrogens with zero attached hydrogens (tertiary/aromatic N) is 1. The lowest BCUT2D eigenvalue weighted by Crippen LogP contribution is -2.60. The minimum absolute atomic E-state index is 0.199. The minimum atomic E-state index is -0.511. The smallest absolute Gasteiger partial charge is 0.237 e. The van der Waals surface area contributed by atoms with Gasteiger partial charge in [-0.25, -0.2) is 0 Å². The monoisotopic (exact) mass is 283 g/mol. The Hall–Kier alpha value is -0.650. The topological polar surface area (TPSA) is 67.6 Å². The number of primary amides is 1. The van der Waals surface area contributed by atoms with Gasteiger partial charge in [-0.2, -0.15) is 0 Å². The SMILES string of the molecule is CCNC1(C(N)=O)CCCC(N(C)CC2CCCO2)C1. The van der Waals surface area contributed by atoms with Crippen molar-refractivity contribution in [2.75, 3.05) is 26.7 Å². The first-order chi connectivity index (χ1) is 9.57. The van der Waals surface area contributed by atoms with Crippen molar-refractivity contribution < 1.29 is 9.53 Å². The number of likely N-dealkylation sites (N-methyl/N-ethyl adjacent to an activating group) is 2. The first-order valence-electron chi connectivity index (χ1n) is 7.94. The average Bonchev–Trinajstić information content (AvgIpc) is 2.92. The molecule has 5 nitrogen and oxygen atoms in total. The van der Waals surface area contributed by atoms with Crippen LogP contribution in [0.5, 0.6) is 0 Å². The molecule has 1 saturated carbocycles. The highest BCUT2D eigenvalue weighted by Gasteiger charge is 2.42. The van der Waals surface area contributed by atoms with Gasteiger partial charge in [-0.15, -0.1) is 0 Å². The van der Waals surface area contributed by atoms with Gasteiger partial charge in [0.25, 0.3) is 0 Å². The Kier molecular flexibility index (Phi) is 5.41. The van der Waals surface area contributed by atoms with Crippen molar-refractivity contribution in [2.24, 2.45) is 5.73 Å². The van der Waals surface area contributed by atoms with E-state index in [4.69, 9.17) is 10.5 Å². The predicted molar refractivity (Wildman–Crippen MR) is 79.5 cm³/mol. The van der Waals surface area contributed by atoms with E-state index in [1.54, 1.807) is 0 Å². The number of carbonyl (C=O) groups excluding carboxylic acids is 1. The summed E-state index contributed by atoms with van der Waals surface area (Å²) < 4.78 is 5.71. The summed E-state index contributed by atoms with van der Waals surface area (Å²) >= 11 is 0. The largest absolute Gasteiger partial charge is 0.377 e. The molecule has 1 saturated heterocycles. The van der Waals surface area contributed by atoms with Crippen LogP contribution in [0.4, 0.5) is 0 Å². The van der Waals surface area contributed by atoms with Crippen LogP contribution in [0, 0.1) is 0 Å². The van der Waals surface area contributed by atoms with Crippen molar-refractivity contribution in [3.05, 3.63) is 0 Å². The molecule has 3 N–H and O–H groups in total. The van der Waals surface area contributed by atoms with Crippen molar-refractivity contribution >= 4 is 5.91 Å². The van der Waals surface area contributed by atoms with E-state index in [0.717, 1.165) is 51.8 Å². The minimum Gasteiger partial charge on any atom is -0.377 e. The maximum atomic E-state index is 11.9. The Morgan fingerprint density at radius 2 is 2.25 bits per heavy atom. The Morgan fingerprint density at radius 3 is 2.85 bits per heavy atom. The third kappa shape index (κ3) is 3.51. The van der Waals surface area contributed by atoms with Crippen LogP contribution < -0.4 is 11.1 Å². The van der Waals surface area contributed by atoms with Crippen LogP contribution in [0.15, 0.2) is 0 Å². The van der Waals surface area contributed by atoms with Crippen LogP contribution in [0.2, 0.25) is 0 Å². The highest BCUT2D eigenvalue weighted by molar-refractivity contribution is 5.84. The molecule has 3 atom stereocenters. The Balaban J connectivity index is 1.95. The highest BCUT2D eigenvalue weighted by Crippen LogP contribution is 2.31. The standard InChI is InChI=1S/C15H29N3O2/c1-3-17-15(14(16)19)8-4-6-12(10-15)18(2)11-13-7-5-9-20-13/h12-13,17H,3-11H2,1-2H3,(H2,16,19). The van der Waals surface area contributed by atoms with E-state index in [1.807, 2.05) is 6.92 Å². The molecule has 0 aromatic heterocycles. The Bertz CT molecular complexity index is 327. The van der Waals surface area contributed by atoms with Crippen molar-refractivity contribution in [3.8, 4) is 0 Å². The van der Waals surface area contributed by atoms with E-state index in [0.29, 0.717) is 12.1 Å². The maximum Gasteiger partial charge on any atom is 0.237 e. The molecular weight excluding hydrogens is 254 g/mol. The lowest BCUT2D eigenvalue weighted by molar-refractivity contribution is -0.126. The van der Waals surface area contributed by atoms with E-state index in [2.05, 4.69) is 17.3 Å². The Labute approximate surface area is 122 Å². The van der Waals surface area contributed by atoms with Crippen molar-refractivity contribution in [1.29, 1.82) is 0 Å². The summed E-state index contributed by atoms with van der Waals surface area (Å²) in [7, 11) is 2.15. The van der Waals surface area contributed by atoms with Gasteiger partial charge in [-0.1, -0.05) is 6.92 Å². The summed E-state index contributed by atoms with van der Waals surface area (Å²) in [5.74, 6) is -0.199. The van der Waals surface area contributed by atoms with Crippen LogP contribution in [-0.2, 0) is 9.53 Å². The zero-order valence-electron chi connectivity index (χ0n) is 12.9. The van der Waals surface area contributed by atoms with Crippen LogP contribution in [0.25, 0.3) is 0 Å². The fourth-order valence-electron chi connectivity index (χ4n) is 3.69. The van der Waals surface area contributed by atoms with Crippen molar-refractivity contribution in [3.63, 3.8) is 0 Å². The molecule has 2 rings (SSSR count). The van der Waals surface area contributed by atoms with E-state index >= 15 is 0 Å². The Morgan fingerprint density at radius 1 is 1.45 bits per heavy atom. The molecule has 1 amide bonds. The normalized spacial score (nSPS) is 34.5. The number of nitrogens with one attached hydrogen (secondary N) is 1. The number of ether oxygens (including phenoxy) is 1. The second-order valence-corrected chi connectivity index (χ2v) is 6.30. The molecular formula is C15H29N3O2. The van der Waals surface area contributed by atoms with E-state index in [1.165, 1.54) is 6.42 Å². The van der Waals surface area contributed by atoms with E-state index < -0.39 is 5.54 Å². The zero-order chi connectivity index (χ0) is 14.6. The first-order valence-corrected chi connectivity index (χ1v) is 7.94. The van der Waals surface area contributed by atoms with E-state index in [-0.39, 0.29) is 5.91 Å². The molecule has 3 unspecified atom stereocenters. The second-order valence-electron chi connectivity index (χ2n) is 6.30. The molecule has 1 heterocycles. The summed E-state index contributed by atoms with van der Waals surface area (Å²) in [6, 6.07) is 0.416. The number of amides is 1. The third-order valence-electron chi connectivity index (χ3n) is 4.85. The van der Waals surface area contributed by atoms with Gasteiger partial charge in [0.2, 0.25) is 5.91 Å². The molecule has 0 aromatic rings. The summed E-state index contributed by atoms with van der Waals surface area (Å²) in [6.07, 6.45) is 6.57. The first kappa shape index (κ1) is 15.7. The highest BCUT2D eigenvalue weighted by atomic mass is 16.5. The van der Waals surface area contributed by atoms with Crippen LogP contribution in [0.3, 0.4) is 0 Å². The molecule has 5 heteroatoms. The molecule has 1 aliphatic heterocycles. The number of carbonyl (C=O) groups is 1. The molecule has 2 fully saturated rings.